The number of carbonyl (C=O) groups excluding carboxylic acids is 1. The van der Waals surface area contributed by atoms with E-state index in [2.05, 4.69) is 26.1 Å². The lowest BCUT2D eigenvalue weighted by atomic mass is 9.73. The zero-order chi connectivity index (χ0) is 14.1. The third-order valence-electron chi connectivity index (χ3n) is 4.79. The summed E-state index contributed by atoms with van der Waals surface area (Å²) in [7, 11) is 0. The molecule has 1 rings (SSSR count). The van der Waals surface area contributed by atoms with Crippen LogP contribution in [0.3, 0.4) is 0 Å². The second-order valence-electron chi connectivity index (χ2n) is 6.58. The molecular weight excluding hydrogens is 234 g/mol. The fourth-order valence-corrected chi connectivity index (χ4v) is 3.32. The van der Waals surface area contributed by atoms with Crippen LogP contribution in [0.15, 0.2) is 0 Å². The molecule has 2 nitrogen and oxygen atoms in total. The molecule has 0 spiro atoms. The van der Waals surface area contributed by atoms with E-state index in [0.717, 1.165) is 12.8 Å². The van der Waals surface area contributed by atoms with Gasteiger partial charge in [0.25, 0.3) is 0 Å². The Bertz CT molecular complexity index is 264. The van der Waals surface area contributed by atoms with E-state index >= 15 is 0 Å². The number of rotatable bonds is 10. The van der Waals surface area contributed by atoms with Crippen molar-refractivity contribution in [3.8, 4) is 0 Å². The van der Waals surface area contributed by atoms with E-state index in [4.69, 9.17) is 0 Å². The minimum absolute atomic E-state index is 0.263. The number of hydrogen-bond acceptors (Lipinski definition) is 1. The van der Waals surface area contributed by atoms with E-state index in [1.807, 2.05) is 0 Å². The van der Waals surface area contributed by atoms with Crippen molar-refractivity contribution in [2.45, 2.75) is 97.4 Å². The first-order valence-corrected chi connectivity index (χ1v) is 8.41. The fourth-order valence-electron chi connectivity index (χ4n) is 3.32. The second kappa shape index (κ2) is 8.60. The Kier molecular flexibility index (Phi) is 7.48. The normalized spacial score (nSPS) is 22.3. The molecule has 1 fully saturated rings. The highest BCUT2D eigenvalue weighted by atomic mass is 16.1. The van der Waals surface area contributed by atoms with Crippen LogP contribution in [0.4, 0.5) is 0 Å². The lowest BCUT2D eigenvalue weighted by Crippen LogP contribution is -2.41. The second-order valence-corrected chi connectivity index (χ2v) is 6.58. The lowest BCUT2D eigenvalue weighted by Gasteiger charge is -2.36. The Labute approximate surface area is 119 Å². The van der Waals surface area contributed by atoms with Crippen LogP contribution in [0.5, 0.6) is 0 Å². The Morgan fingerprint density at radius 1 is 1.05 bits per heavy atom. The van der Waals surface area contributed by atoms with Gasteiger partial charge in [-0.3, -0.25) is 4.79 Å². The summed E-state index contributed by atoms with van der Waals surface area (Å²) >= 11 is 0. The van der Waals surface area contributed by atoms with Crippen molar-refractivity contribution >= 4 is 5.91 Å². The summed E-state index contributed by atoms with van der Waals surface area (Å²) in [4.78, 5) is 11.5. The first kappa shape index (κ1) is 16.5. The van der Waals surface area contributed by atoms with Crippen LogP contribution in [0.2, 0.25) is 0 Å². The minimum Gasteiger partial charge on any atom is -0.353 e. The Balaban J connectivity index is 2.42. The van der Waals surface area contributed by atoms with Crippen LogP contribution in [0.1, 0.15) is 91.4 Å². The van der Waals surface area contributed by atoms with Crippen molar-refractivity contribution in [2.75, 3.05) is 0 Å². The van der Waals surface area contributed by atoms with Crippen molar-refractivity contribution in [2.24, 2.45) is 5.41 Å². The van der Waals surface area contributed by atoms with Crippen molar-refractivity contribution in [3.05, 3.63) is 0 Å². The van der Waals surface area contributed by atoms with Crippen LogP contribution in [0, 0.1) is 5.41 Å². The largest absolute Gasteiger partial charge is 0.353 e. The molecule has 1 saturated heterocycles. The third-order valence-corrected chi connectivity index (χ3v) is 4.79. The molecule has 0 aromatic heterocycles. The van der Waals surface area contributed by atoms with Crippen LogP contribution in [0.25, 0.3) is 0 Å². The fraction of sp³-hybridized carbons (Fsp3) is 0.941. The smallest absolute Gasteiger partial charge is 0.220 e. The van der Waals surface area contributed by atoms with Gasteiger partial charge in [0.15, 0.2) is 0 Å². The van der Waals surface area contributed by atoms with Crippen LogP contribution in [-0.4, -0.2) is 11.9 Å². The third kappa shape index (κ3) is 5.54. The molecule has 1 heterocycles. The topological polar surface area (TPSA) is 29.1 Å². The maximum absolute atomic E-state index is 11.5. The van der Waals surface area contributed by atoms with Gasteiger partial charge in [0, 0.05) is 12.5 Å². The maximum atomic E-state index is 11.5. The van der Waals surface area contributed by atoms with Gasteiger partial charge in [-0.25, -0.2) is 0 Å². The lowest BCUT2D eigenvalue weighted by molar-refractivity contribution is -0.119. The summed E-state index contributed by atoms with van der Waals surface area (Å²) in [5.74, 6) is 0.263. The number of amides is 1. The van der Waals surface area contributed by atoms with Gasteiger partial charge in [-0.05, 0) is 24.7 Å². The molecule has 0 aromatic rings. The summed E-state index contributed by atoms with van der Waals surface area (Å²) in [5, 5.41) is 3.22. The van der Waals surface area contributed by atoms with Gasteiger partial charge in [0.1, 0.15) is 0 Å². The van der Waals surface area contributed by atoms with E-state index in [0.29, 0.717) is 11.5 Å². The molecule has 1 amide bonds. The molecule has 2 atom stereocenters. The Morgan fingerprint density at radius 2 is 1.68 bits per heavy atom. The molecule has 2 heteroatoms. The van der Waals surface area contributed by atoms with Gasteiger partial charge in [0.2, 0.25) is 5.91 Å². The monoisotopic (exact) mass is 267 g/mol. The van der Waals surface area contributed by atoms with Crippen LogP contribution < -0.4 is 5.32 Å². The highest BCUT2D eigenvalue weighted by molar-refractivity contribution is 5.78. The number of hydrogen-bond donors (Lipinski definition) is 1. The zero-order valence-corrected chi connectivity index (χ0v) is 13.3. The van der Waals surface area contributed by atoms with Gasteiger partial charge in [-0.1, -0.05) is 65.7 Å². The summed E-state index contributed by atoms with van der Waals surface area (Å²) in [6, 6.07) is 0.428. The van der Waals surface area contributed by atoms with E-state index in [1.54, 1.807) is 0 Å². The minimum atomic E-state index is 0.263. The highest BCUT2D eigenvalue weighted by Crippen LogP contribution is 2.38. The van der Waals surface area contributed by atoms with Crippen molar-refractivity contribution in [1.29, 1.82) is 0 Å². The molecule has 0 bridgehead atoms. The predicted molar refractivity (Wildman–Crippen MR) is 82.2 cm³/mol. The predicted octanol–water partition coefficient (Wildman–Crippen LogP) is 4.82. The average molecular weight is 267 g/mol. The van der Waals surface area contributed by atoms with Crippen molar-refractivity contribution in [3.63, 3.8) is 0 Å². The average Bonchev–Trinajstić information content (AvgIpc) is 2.83. The van der Waals surface area contributed by atoms with Gasteiger partial charge in [-0.15, -0.1) is 0 Å². The van der Waals surface area contributed by atoms with Crippen molar-refractivity contribution in [1.82, 2.24) is 5.32 Å². The molecule has 0 saturated carbocycles. The highest BCUT2D eigenvalue weighted by Gasteiger charge is 2.37. The first-order valence-electron chi connectivity index (χ1n) is 8.41. The molecule has 1 aliphatic rings. The molecule has 1 N–H and O–H groups in total. The summed E-state index contributed by atoms with van der Waals surface area (Å²) in [6.07, 6.45) is 13.6. The van der Waals surface area contributed by atoms with E-state index in [9.17, 15) is 4.79 Å². The standard InChI is InChI=1S/C17H33NO/c1-4-6-8-9-10-14-17(3,13-7-5-2)15-11-12-16(19)18-15/h15H,4-14H2,1-3H3,(H,18,19). The maximum Gasteiger partial charge on any atom is 0.220 e. The van der Waals surface area contributed by atoms with Crippen molar-refractivity contribution < 1.29 is 4.79 Å². The zero-order valence-electron chi connectivity index (χ0n) is 13.3. The van der Waals surface area contributed by atoms with Gasteiger partial charge in [0.05, 0.1) is 0 Å². The van der Waals surface area contributed by atoms with Crippen LogP contribution in [-0.2, 0) is 4.79 Å². The molecule has 0 aliphatic carbocycles. The first-order chi connectivity index (χ1) is 9.12. The molecule has 19 heavy (non-hydrogen) atoms. The molecule has 112 valence electrons. The quantitative estimate of drug-likeness (QED) is 0.565. The molecule has 0 radical (unpaired) electrons. The summed E-state index contributed by atoms with van der Waals surface area (Å²) in [6.45, 7) is 6.92. The van der Waals surface area contributed by atoms with Gasteiger partial charge < -0.3 is 5.32 Å². The summed E-state index contributed by atoms with van der Waals surface area (Å²) in [5.41, 5.74) is 0.328. The molecule has 1 aliphatic heterocycles. The SMILES string of the molecule is CCCCCCCC(C)(CCCC)C1CCC(=O)N1. The van der Waals surface area contributed by atoms with Crippen LogP contribution >= 0.6 is 0 Å². The molecular formula is C17H33NO. The number of nitrogens with one attached hydrogen (secondary N) is 1. The van der Waals surface area contributed by atoms with E-state index < -0.39 is 0 Å². The summed E-state index contributed by atoms with van der Waals surface area (Å²) < 4.78 is 0. The molecule has 2 unspecified atom stereocenters. The van der Waals surface area contributed by atoms with E-state index in [1.165, 1.54) is 57.8 Å². The number of carbonyl (C=O) groups is 1. The van der Waals surface area contributed by atoms with E-state index in [-0.39, 0.29) is 5.91 Å². The Hall–Kier alpha value is -0.530. The molecule has 0 aromatic carbocycles. The van der Waals surface area contributed by atoms with Gasteiger partial charge >= 0.3 is 0 Å². The Morgan fingerprint density at radius 3 is 2.26 bits per heavy atom. The number of unbranched alkanes of at least 4 members (excludes halogenated alkanes) is 5. The van der Waals surface area contributed by atoms with Gasteiger partial charge in [-0.2, -0.15) is 0 Å².